The third-order valence-electron chi connectivity index (χ3n) is 4.46. The Bertz CT molecular complexity index is 1300. The summed E-state index contributed by atoms with van der Waals surface area (Å²) in [7, 11) is -4.12. The highest BCUT2D eigenvalue weighted by molar-refractivity contribution is 7.89. The normalized spacial score (nSPS) is 11.4. The van der Waals surface area contributed by atoms with Crippen LogP contribution in [0, 0.1) is 10.1 Å². The monoisotopic (exact) mass is 527 g/mol. The number of nitrogens with zero attached hydrogens (tertiary/aromatic N) is 2. The zero-order valence-corrected chi connectivity index (χ0v) is 19.8. The van der Waals surface area contributed by atoms with Gasteiger partial charge in [-0.15, -0.1) is 0 Å². The molecule has 0 radical (unpaired) electrons. The molecule has 0 spiro atoms. The molecule has 0 fully saturated rings. The largest absolute Gasteiger partial charge is 0.325 e. The van der Waals surface area contributed by atoms with Crippen molar-refractivity contribution in [3.63, 3.8) is 0 Å². The number of nitrogens with one attached hydrogen (secondary N) is 1. The molecule has 0 bridgehead atoms. The summed E-state index contributed by atoms with van der Waals surface area (Å²) < 4.78 is 27.5. The van der Waals surface area contributed by atoms with E-state index in [0.29, 0.717) is 15.6 Å². The number of anilines is 1. The molecule has 12 heteroatoms. The molecule has 33 heavy (non-hydrogen) atoms. The van der Waals surface area contributed by atoms with Gasteiger partial charge in [-0.25, -0.2) is 8.42 Å². The van der Waals surface area contributed by atoms with Crippen molar-refractivity contribution in [1.82, 2.24) is 4.31 Å². The predicted octanol–water partition coefficient (Wildman–Crippen LogP) is 5.38. The molecule has 1 amide bonds. The number of carbonyl (C=O) groups excluding carboxylic acids is 1. The lowest BCUT2D eigenvalue weighted by Gasteiger charge is -2.22. The third kappa shape index (κ3) is 6.43. The fourth-order valence-corrected chi connectivity index (χ4v) is 4.71. The van der Waals surface area contributed by atoms with E-state index < -0.39 is 27.4 Å². The van der Waals surface area contributed by atoms with E-state index in [-0.39, 0.29) is 27.8 Å². The van der Waals surface area contributed by atoms with E-state index >= 15 is 0 Å². The molecule has 8 nitrogen and oxygen atoms in total. The molecular formula is C21H16Cl3N3O5S. The standard InChI is InChI=1S/C21H16Cl3N3O5S/c22-15-5-7-18(8-6-15)33(31,32)26(12-14-4-9-19(23)20(24)10-14)13-21(28)25-16-2-1-3-17(11-16)27(29)30/h1-11H,12-13H2,(H,25,28). The Morgan fingerprint density at radius 1 is 0.970 bits per heavy atom. The maximum Gasteiger partial charge on any atom is 0.271 e. The van der Waals surface area contributed by atoms with Crippen LogP contribution in [0.15, 0.2) is 71.6 Å². The summed E-state index contributed by atoms with van der Waals surface area (Å²) in [6, 6.07) is 15.5. The summed E-state index contributed by atoms with van der Waals surface area (Å²) >= 11 is 17.9. The quantitative estimate of drug-likeness (QED) is 0.312. The van der Waals surface area contributed by atoms with Crippen molar-refractivity contribution in [3.05, 3.63) is 97.5 Å². The first-order chi connectivity index (χ1) is 15.6. The van der Waals surface area contributed by atoms with Gasteiger partial charge in [0.15, 0.2) is 0 Å². The fourth-order valence-electron chi connectivity index (χ4n) is 2.88. The highest BCUT2D eigenvalue weighted by Crippen LogP contribution is 2.26. The van der Waals surface area contributed by atoms with Crippen molar-refractivity contribution in [2.45, 2.75) is 11.4 Å². The van der Waals surface area contributed by atoms with Crippen molar-refractivity contribution in [1.29, 1.82) is 0 Å². The minimum absolute atomic E-state index is 0.0601. The SMILES string of the molecule is O=C(CN(Cc1ccc(Cl)c(Cl)c1)S(=O)(=O)c1ccc(Cl)cc1)Nc1cccc([N+](=O)[O-])c1. The summed E-state index contributed by atoms with van der Waals surface area (Å²) in [5.74, 6) is -0.687. The highest BCUT2D eigenvalue weighted by atomic mass is 35.5. The van der Waals surface area contributed by atoms with E-state index in [1.807, 2.05) is 0 Å². The first kappa shape index (κ1) is 24.9. The van der Waals surface area contributed by atoms with Crippen molar-refractivity contribution in [2.75, 3.05) is 11.9 Å². The number of hydrogen-bond acceptors (Lipinski definition) is 5. The number of hydrogen-bond donors (Lipinski definition) is 1. The van der Waals surface area contributed by atoms with Crippen LogP contribution in [-0.2, 0) is 21.4 Å². The zero-order chi connectivity index (χ0) is 24.2. The molecule has 0 aliphatic heterocycles. The van der Waals surface area contributed by atoms with E-state index in [0.717, 1.165) is 4.31 Å². The average Bonchev–Trinajstić information content (AvgIpc) is 2.76. The Kier molecular flexibility index (Phi) is 7.93. The number of sulfonamides is 1. The summed E-state index contributed by atoms with van der Waals surface area (Å²) in [6.45, 7) is -0.738. The molecule has 3 rings (SSSR count). The van der Waals surface area contributed by atoms with Crippen LogP contribution >= 0.6 is 34.8 Å². The Hall–Kier alpha value is -2.69. The average molecular weight is 529 g/mol. The van der Waals surface area contributed by atoms with Gasteiger partial charge in [0.25, 0.3) is 5.69 Å². The van der Waals surface area contributed by atoms with Crippen LogP contribution in [0.1, 0.15) is 5.56 Å². The van der Waals surface area contributed by atoms with E-state index in [9.17, 15) is 23.3 Å². The first-order valence-electron chi connectivity index (χ1n) is 9.30. The van der Waals surface area contributed by atoms with Crippen LogP contribution in [0.25, 0.3) is 0 Å². The van der Waals surface area contributed by atoms with Crippen LogP contribution in [0.2, 0.25) is 15.1 Å². The Morgan fingerprint density at radius 2 is 1.67 bits per heavy atom. The second kappa shape index (κ2) is 10.5. The highest BCUT2D eigenvalue weighted by Gasteiger charge is 2.27. The van der Waals surface area contributed by atoms with Gasteiger partial charge in [-0.2, -0.15) is 4.31 Å². The zero-order valence-electron chi connectivity index (χ0n) is 16.7. The number of amides is 1. The van der Waals surface area contributed by atoms with Crippen molar-refractivity contribution >= 4 is 62.1 Å². The van der Waals surface area contributed by atoms with Gasteiger partial charge in [0.1, 0.15) is 0 Å². The minimum Gasteiger partial charge on any atom is -0.325 e. The Balaban J connectivity index is 1.89. The maximum atomic E-state index is 13.3. The fraction of sp³-hybridized carbons (Fsp3) is 0.0952. The summed E-state index contributed by atoms with van der Waals surface area (Å²) in [5.41, 5.74) is 0.451. The number of nitro groups is 1. The topological polar surface area (TPSA) is 110 Å². The summed E-state index contributed by atoms with van der Waals surface area (Å²) in [6.07, 6.45) is 0. The minimum atomic E-state index is -4.12. The smallest absolute Gasteiger partial charge is 0.271 e. The van der Waals surface area contributed by atoms with Gasteiger partial charge in [0.05, 0.1) is 26.4 Å². The lowest BCUT2D eigenvalue weighted by Crippen LogP contribution is -2.37. The van der Waals surface area contributed by atoms with Crippen molar-refractivity contribution in [3.8, 4) is 0 Å². The molecule has 0 heterocycles. The molecule has 0 saturated heterocycles. The predicted molar refractivity (Wildman–Crippen MR) is 127 cm³/mol. The third-order valence-corrected chi connectivity index (χ3v) is 7.25. The van der Waals surface area contributed by atoms with Gasteiger partial charge in [0, 0.05) is 29.4 Å². The number of benzene rings is 3. The Labute approximate surface area is 204 Å². The van der Waals surface area contributed by atoms with Gasteiger partial charge in [-0.1, -0.05) is 46.9 Å². The first-order valence-corrected chi connectivity index (χ1v) is 11.9. The lowest BCUT2D eigenvalue weighted by molar-refractivity contribution is -0.384. The van der Waals surface area contributed by atoms with Gasteiger partial charge >= 0.3 is 0 Å². The van der Waals surface area contributed by atoms with Crippen molar-refractivity contribution < 1.29 is 18.1 Å². The number of rotatable bonds is 8. The molecule has 0 atom stereocenters. The summed E-state index contributed by atoms with van der Waals surface area (Å²) in [4.78, 5) is 23.0. The van der Waals surface area contributed by atoms with Gasteiger partial charge in [-0.05, 0) is 48.0 Å². The van der Waals surface area contributed by atoms with E-state index in [4.69, 9.17) is 34.8 Å². The van der Waals surface area contributed by atoms with Crippen LogP contribution in [0.3, 0.4) is 0 Å². The van der Waals surface area contributed by atoms with Gasteiger partial charge in [0.2, 0.25) is 15.9 Å². The van der Waals surface area contributed by atoms with Gasteiger partial charge in [-0.3, -0.25) is 14.9 Å². The molecule has 0 unspecified atom stereocenters. The van der Waals surface area contributed by atoms with Crippen LogP contribution in [0.4, 0.5) is 11.4 Å². The van der Waals surface area contributed by atoms with Crippen LogP contribution in [-0.4, -0.2) is 30.1 Å². The van der Waals surface area contributed by atoms with E-state index in [1.165, 1.54) is 60.7 Å². The van der Waals surface area contributed by atoms with Crippen LogP contribution in [0.5, 0.6) is 0 Å². The van der Waals surface area contributed by atoms with E-state index in [2.05, 4.69) is 5.32 Å². The number of non-ortho nitro benzene ring substituents is 1. The molecule has 0 aliphatic rings. The second-order valence-corrected chi connectivity index (χ2v) is 10.0. The summed E-state index contributed by atoms with van der Waals surface area (Å²) in [5, 5.41) is 14.3. The molecule has 1 N–H and O–H groups in total. The molecular weight excluding hydrogens is 513 g/mol. The number of halogens is 3. The number of carbonyl (C=O) groups is 1. The molecule has 0 aromatic heterocycles. The molecule has 0 saturated carbocycles. The maximum absolute atomic E-state index is 13.3. The molecule has 3 aromatic carbocycles. The molecule has 0 aliphatic carbocycles. The van der Waals surface area contributed by atoms with Crippen molar-refractivity contribution in [2.24, 2.45) is 0 Å². The lowest BCUT2D eigenvalue weighted by atomic mass is 10.2. The second-order valence-electron chi connectivity index (χ2n) is 6.83. The van der Waals surface area contributed by atoms with E-state index in [1.54, 1.807) is 6.07 Å². The number of nitro benzene ring substituents is 1. The molecule has 172 valence electrons. The Morgan fingerprint density at radius 3 is 2.30 bits per heavy atom. The van der Waals surface area contributed by atoms with Gasteiger partial charge < -0.3 is 5.32 Å². The van der Waals surface area contributed by atoms with Crippen LogP contribution < -0.4 is 5.32 Å². The molecule has 3 aromatic rings.